The topological polar surface area (TPSA) is 129 Å². The minimum atomic E-state index is -1.14. The van der Waals surface area contributed by atoms with Gasteiger partial charge in [-0.25, -0.2) is 14.4 Å². The van der Waals surface area contributed by atoms with Crippen LogP contribution in [0.3, 0.4) is 0 Å². The zero-order chi connectivity index (χ0) is 16.7. The monoisotopic (exact) mass is 304 g/mol. The normalized spacial score (nSPS) is 12.7. The third-order valence-electron chi connectivity index (χ3n) is 2.61. The van der Waals surface area contributed by atoms with Crippen LogP contribution in [-0.4, -0.2) is 39.0 Å². The summed E-state index contributed by atoms with van der Waals surface area (Å²) in [7, 11) is 0. The van der Waals surface area contributed by atoms with Crippen molar-refractivity contribution >= 4 is 23.7 Å². The Hall–Kier alpha value is -3.22. The molecule has 0 atom stereocenters. The number of carboxylic acid groups (broad SMARTS) is 3. The molecule has 1 aliphatic carbocycles. The Morgan fingerprint density at radius 3 is 1.55 bits per heavy atom. The molecule has 0 saturated carbocycles. The van der Waals surface area contributed by atoms with Gasteiger partial charge in [-0.05, 0) is 30.3 Å². The first-order chi connectivity index (χ1) is 10.3. The number of hydrogen-bond acceptors (Lipinski definition) is 4. The number of Topliss-reactive ketones (excluding diaryl/α,β-unsaturated/α-hetero) is 1. The van der Waals surface area contributed by atoms with Gasteiger partial charge in [-0.1, -0.05) is 12.2 Å². The van der Waals surface area contributed by atoms with Gasteiger partial charge in [0.15, 0.2) is 5.78 Å². The lowest BCUT2D eigenvalue weighted by molar-refractivity contribution is -0.134. The van der Waals surface area contributed by atoms with E-state index in [4.69, 9.17) is 15.3 Å². The van der Waals surface area contributed by atoms with E-state index < -0.39 is 17.9 Å². The number of aromatic carboxylic acids is 2. The summed E-state index contributed by atoms with van der Waals surface area (Å²) in [6.07, 6.45) is 4.73. The third kappa shape index (κ3) is 4.71. The van der Waals surface area contributed by atoms with Gasteiger partial charge in [-0.2, -0.15) is 0 Å². The SMILES string of the molecule is O=C(O)C1=CC=CCC1=O.O=C(O)c1ccc(C(=O)O)cc1. The molecule has 1 aromatic rings. The van der Waals surface area contributed by atoms with Crippen molar-refractivity contribution in [2.45, 2.75) is 6.42 Å². The maximum Gasteiger partial charge on any atom is 0.339 e. The van der Waals surface area contributed by atoms with Crippen molar-refractivity contribution in [3.05, 3.63) is 59.2 Å². The average molecular weight is 304 g/mol. The number of benzene rings is 1. The predicted octanol–water partition coefficient (Wildman–Crippen LogP) is 1.61. The number of rotatable bonds is 3. The molecule has 0 aliphatic heterocycles. The first-order valence-corrected chi connectivity index (χ1v) is 6.03. The summed E-state index contributed by atoms with van der Waals surface area (Å²) in [5.41, 5.74) is 0.0440. The van der Waals surface area contributed by atoms with Crippen molar-refractivity contribution in [3.63, 3.8) is 0 Å². The lowest BCUT2D eigenvalue weighted by Gasteiger charge is -2.00. The molecule has 0 unspecified atom stereocenters. The molecule has 0 saturated heterocycles. The van der Waals surface area contributed by atoms with Crippen LogP contribution in [0.2, 0.25) is 0 Å². The predicted molar refractivity (Wildman–Crippen MR) is 74.8 cm³/mol. The molecule has 22 heavy (non-hydrogen) atoms. The zero-order valence-electron chi connectivity index (χ0n) is 11.2. The molecule has 1 aliphatic rings. The van der Waals surface area contributed by atoms with Crippen LogP contribution >= 0.6 is 0 Å². The lowest BCUT2D eigenvalue weighted by atomic mass is 10.0. The summed E-state index contributed by atoms with van der Waals surface area (Å²) in [5.74, 6) is -3.59. The fourth-order valence-corrected chi connectivity index (χ4v) is 1.49. The molecule has 0 heterocycles. The van der Waals surface area contributed by atoms with Gasteiger partial charge in [0.2, 0.25) is 0 Å². The Kier molecular flexibility index (Phi) is 5.76. The van der Waals surface area contributed by atoms with Crippen LogP contribution in [0.15, 0.2) is 48.1 Å². The van der Waals surface area contributed by atoms with Gasteiger partial charge in [0.05, 0.1) is 11.1 Å². The van der Waals surface area contributed by atoms with Gasteiger partial charge >= 0.3 is 17.9 Å². The molecule has 0 amide bonds. The van der Waals surface area contributed by atoms with Crippen LogP contribution in [0.4, 0.5) is 0 Å². The van der Waals surface area contributed by atoms with Crippen LogP contribution in [0.25, 0.3) is 0 Å². The van der Waals surface area contributed by atoms with E-state index in [9.17, 15) is 19.2 Å². The van der Waals surface area contributed by atoms with Crippen molar-refractivity contribution in [3.8, 4) is 0 Å². The first-order valence-electron chi connectivity index (χ1n) is 6.03. The summed E-state index contributed by atoms with van der Waals surface area (Å²) >= 11 is 0. The standard InChI is InChI=1S/C8H6O4.C7H6O3/c9-7(10)5-1-2-6(4-3-5)8(11)12;8-6-4-2-1-3-5(6)7(9)10/h1-4H,(H,9,10)(H,11,12);1-3H,4H2,(H,9,10). The Bertz CT molecular complexity index is 633. The van der Waals surface area contributed by atoms with E-state index in [1.807, 2.05) is 0 Å². The molecule has 7 nitrogen and oxygen atoms in total. The Labute approximate surface area is 124 Å². The molecule has 0 bridgehead atoms. The molecule has 7 heteroatoms. The van der Waals surface area contributed by atoms with E-state index in [1.165, 1.54) is 30.3 Å². The van der Waals surface area contributed by atoms with Gasteiger partial charge in [0.1, 0.15) is 5.57 Å². The molecule has 0 spiro atoms. The summed E-state index contributed by atoms with van der Waals surface area (Å²) < 4.78 is 0. The van der Waals surface area contributed by atoms with Crippen LogP contribution in [-0.2, 0) is 9.59 Å². The molecule has 2 rings (SSSR count). The summed E-state index contributed by atoms with van der Waals surface area (Å²) in [6.45, 7) is 0. The van der Waals surface area contributed by atoms with Crippen molar-refractivity contribution in [2.75, 3.05) is 0 Å². The van der Waals surface area contributed by atoms with E-state index >= 15 is 0 Å². The summed E-state index contributed by atoms with van der Waals surface area (Å²) in [6, 6.07) is 5.02. The fourth-order valence-electron chi connectivity index (χ4n) is 1.49. The van der Waals surface area contributed by atoms with Crippen LogP contribution in [0.5, 0.6) is 0 Å². The van der Waals surface area contributed by atoms with Crippen molar-refractivity contribution in [1.82, 2.24) is 0 Å². The second-order valence-electron chi connectivity index (χ2n) is 4.13. The van der Waals surface area contributed by atoms with E-state index in [2.05, 4.69) is 0 Å². The van der Waals surface area contributed by atoms with Gasteiger partial charge in [0.25, 0.3) is 0 Å². The number of carboxylic acids is 3. The van der Waals surface area contributed by atoms with Gasteiger partial charge in [-0.15, -0.1) is 0 Å². The highest BCUT2D eigenvalue weighted by Crippen LogP contribution is 2.07. The lowest BCUT2D eigenvalue weighted by Crippen LogP contribution is -2.12. The molecule has 3 N–H and O–H groups in total. The number of carbonyl (C=O) groups is 4. The van der Waals surface area contributed by atoms with Gasteiger partial charge in [-0.3, -0.25) is 4.79 Å². The third-order valence-corrected chi connectivity index (χ3v) is 2.61. The molecule has 0 fully saturated rings. The Morgan fingerprint density at radius 1 is 0.818 bits per heavy atom. The summed E-state index contributed by atoms with van der Waals surface area (Å²) in [4.78, 5) is 41.6. The van der Waals surface area contributed by atoms with Crippen LogP contribution < -0.4 is 0 Å². The van der Waals surface area contributed by atoms with Gasteiger partial charge < -0.3 is 15.3 Å². The van der Waals surface area contributed by atoms with Crippen LogP contribution in [0, 0.1) is 0 Å². The minimum Gasteiger partial charge on any atom is -0.478 e. The highest BCUT2D eigenvalue weighted by atomic mass is 16.4. The smallest absolute Gasteiger partial charge is 0.339 e. The Morgan fingerprint density at radius 2 is 1.27 bits per heavy atom. The number of allylic oxidation sites excluding steroid dienone is 3. The second-order valence-corrected chi connectivity index (χ2v) is 4.13. The number of aliphatic carboxylic acids is 1. The quantitative estimate of drug-likeness (QED) is 0.723. The maximum atomic E-state index is 10.7. The van der Waals surface area contributed by atoms with Gasteiger partial charge in [0, 0.05) is 6.42 Å². The minimum absolute atomic E-state index is 0.0833. The largest absolute Gasteiger partial charge is 0.478 e. The van der Waals surface area contributed by atoms with E-state index in [1.54, 1.807) is 12.2 Å². The molecule has 0 radical (unpaired) electrons. The van der Waals surface area contributed by atoms with E-state index in [0.29, 0.717) is 0 Å². The number of hydrogen-bond donors (Lipinski definition) is 3. The Balaban J connectivity index is 0.000000224. The van der Waals surface area contributed by atoms with Crippen molar-refractivity contribution in [1.29, 1.82) is 0 Å². The average Bonchev–Trinajstić information content (AvgIpc) is 2.48. The highest BCUT2D eigenvalue weighted by Gasteiger charge is 2.16. The van der Waals surface area contributed by atoms with E-state index in [-0.39, 0.29) is 28.9 Å². The molecular formula is C15H12O7. The number of carbonyl (C=O) groups excluding carboxylic acids is 1. The van der Waals surface area contributed by atoms with Crippen LogP contribution in [0.1, 0.15) is 27.1 Å². The highest BCUT2D eigenvalue weighted by molar-refractivity contribution is 6.17. The second kappa shape index (κ2) is 7.53. The van der Waals surface area contributed by atoms with E-state index in [0.717, 1.165) is 0 Å². The van der Waals surface area contributed by atoms with Crippen molar-refractivity contribution in [2.24, 2.45) is 0 Å². The maximum absolute atomic E-state index is 10.7. The molecular weight excluding hydrogens is 292 g/mol. The zero-order valence-corrected chi connectivity index (χ0v) is 11.2. The number of ketones is 1. The molecule has 114 valence electrons. The first kappa shape index (κ1) is 16.8. The molecule has 1 aromatic carbocycles. The summed E-state index contributed by atoms with van der Waals surface area (Å²) in [5, 5.41) is 25.3. The van der Waals surface area contributed by atoms with Crippen molar-refractivity contribution < 1.29 is 34.5 Å². The molecule has 0 aromatic heterocycles. The fraction of sp³-hybridized carbons (Fsp3) is 0.0667.